The van der Waals surface area contributed by atoms with Crippen molar-refractivity contribution in [3.05, 3.63) is 23.3 Å². The summed E-state index contributed by atoms with van der Waals surface area (Å²) in [6, 6.07) is 3.87. The third-order valence-corrected chi connectivity index (χ3v) is 5.39. The second-order valence-electron chi connectivity index (χ2n) is 7.80. The minimum absolute atomic E-state index is 0.445. The molecule has 1 aromatic carbocycles. The quantitative estimate of drug-likeness (QED) is 0.305. The summed E-state index contributed by atoms with van der Waals surface area (Å²) >= 11 is 0. The smallest absolute Gasteiger partial charge is 0.121 e. The van der Waals surface area contributed by atoms with Crippen molar-refractivity contribution in [2.24, 2.45) is 0 Å². The van der Waals surface area contributed by atoms with Gasteiger partial charge in [-0.15, -0.1) is 0 Å². The van der Waals surface area contributed by atoms with Crippen LogP contribution in [0.1, 0.15) is 108 Å². The van der Waals surface area contributed by atoms with Crippen molar-refractivity contribution in [1.29, 1.82) is 0 Å². The van der Waals surface area contributed by atoms with Crippen molar-refractivity contribution in [3.8, 4) is 11.5 Å². The molecule has 1 N–H and O–H groups in total. The van der Waals surface area contributed by atoms with Crippen LogP contribution in [-0.4, -0.2) is 12.2 Å². The fraction of sp³-hybridized carbons (Fsp3) is 0.750. The second-order valence-corrected chi connectivity index (χ2v) is 7.80. The van der Waals surface area contributed by atoms with E-state index in [9.17, 15) is 5.11 Å². The number of phenolic OH excluding ortho intramolecular Hbond substituents is 1. The zero-order valence-electron chi connectivity index (χ0n) is 17.6. The van der Waals surface area contributed by atoms with E-state index in [1.807, 2.05) is 19.1 Å². The summed E-state index contributed by atoms with van der Waals surface area (Å²) in [5, 5.41) is 10.2. The first-order valence-electron chi connectivity index (χ1n) is 11.1. The molecule has 0 unspecified atom stereocenters. The number of phenols is 1. The van der Waals surface area contributed by atoms with Gasteiger partial charge in [-0.25, -0.2) is 0 Å². The lowest BCUT2D eigenvalue weighted by Gasteiger charge is -2.10. The van der Waals surface area contributed by atoms with Gasteiger partial charge in [0.15, 0.2) is 0 Å². The first-order chi connectivity index (χ1) is 12.7. The van der Waals surface area contributed by atoms with E-state index in [1.165, 1.54) is 83.5 Å². The molecule has 2 heteroatoms. The van der Waals surface area contributed by atoms with Gasteiger partial charge in [0.1, 0.15) is 11.5 Å². The molecule has 0 atom stereocenters. The Morgan fingerprint density at radius 2 is 1.19 bits per heavy atom. The van der Waals surface area contributed by atoms with Gasteiger partial charge in [0.05, 0.1) is 7.11 Å². The van der Waals surface area contributed by atoms with Crippen LogP contribution in [0.25, 0.3) is 0 Å². The van der Waals surface area contributed by atoms with E-state index in [2.05, 4.69) is 6.92 Å². The van der Waals surface area contributed by atoms with E-state index in [4.69, 9.17) is 4.74 Å². The molecule has 150 valence electrons. The zero-order chi connectivity index (χ0) is 19.0. The molecular formula is C24H42O2. The average Bonchev–Trinajstić information content (AvgIpc) is 2.65. The Morgan fingerprint density at radius 3 is 1.65 bits per heavy atom. The second kappa shape index (κ2) is 14.9. The van der Waals surface area contributed by atoms with Crippen molar-refractivity contribution in [3.63, 3.8) is 0 Å². The molecule has 2 nitrogen and oxygen atoms in total. The van der Waals surface area contributed by atoms with Crippen LogP contribution in [-0.2, 0) is 6.42 Å². The maximum Gasteiger partial charge on any atom is 0.121 e. The van der Waals surface area contributed by atoms with Gasteiger partial charge >= 0.3 is 0 Å². The van der Waals surface area contributed by atoms with Gasteiger partial charge in [-0.1, -0.05) is 90.4 Å². The van der Waals surface area contributed by atoms with Crippen LogP contribution in [0.3, 0.4) is 0 Å². The number of hydrogen-bond acceptors (Lipinski definition) is 2. The van der Waals surface area contributed by atoms with Crippen LogP contribution in [0.5, 0.6) is 11.5 Å². The summed E-state index contributed by atoms with van der Waals surface area (Å²) in [5.74, 6) is 1.29. The molecule has 0 amide bonds. The van der Waals surface area contributed by atoms with Crippen molar-refractivity contribution < 1.29 is 9.84 Å². The molecule has 1 rings (SSSR count). The Bertz CT molecular complexity index is 468. The first-order valence-corrected chi connectivity index (χ1v) is 11.1. The van der Waals surface area contributed by atoms with E-state index < -0.39 is 0 Å². The fourth-order valence-corrected chi connectivity index (χ4v) is 3.64. The van der Waals surface area contributed by atoms with Crippen LogP contribution >= 0.6 is 0 Å². The number of rotatable bonds is 16. The van der Waals surface area contributed by atoms with Crippen LogP contribution in [0, 0.1) is 6.92 Å². The lowest BCUT2D eigenvalue weighted by atomic mass is 10.0. The summed E-state index contributed by atoms with van der Waals surface area (Å²) in [6.07, 6.45) is 20.2. The molecule has 0 aliphatic heterocycles. The Hall–Kier alpha value is -1.18. The molecular weight excluding hydrogens is 320 g/mol. The van der Waals surface area contributed by atoms with Gasteiger partial charge in [0, 0.05) is 0 Å². The summed E-state index contributed by atoms with van der Waals surface area (Å²) < 4.78 is 5.30. The molecule has 1 aromatic rings. The lowest BCUT2D eigenvalue weighted by molar-refractivity contribution is 0.409. The number of aryl methyl sites for hydroxylation is 2. The van der Waals surface area contributed by atoms with Crippen molar-refractivity contribution in [1.82, 2.24) is 0 Å². The van der Waals surface area contributed by atoms with Crippen LogP contribution in [0.15, 0.2) is 12.1 Å². The van der Waals surface area contributed by atoms with Crippen LogP contribution in [0.4, 0.5) is 0 Å². The molecule has 0 bridgehead atoms. The number of aromatic hydroxyl groups is 1. The minimum atomic E-state index is 0.445. The highest BCUT2D eigenvalue weighted by Gasteiger charge is 2.07. The Morgan fingerprint density at radius 1 is 0.731 bits per heavy atom. The number of hydrogen-bond donors (Lipinski definition) is 1. The molecule has 0 aromatic heterocycles. The summed E-state index contributed by atoms with van der Waals surface area (Å²) in [4.78, 5) is 0. The summed E-state index contributed by atoms with van der Waals surface area (Å²) in [5.41, 5.74) is 1.94. The van der Waals surface area contributed by atoms with E-state index in [1.54, 1.807) is 7.11 Å². The molecule has 0 saturated heterocycles. The topological polar surface area (TPSA) is 29.5 Å². The minimum Gasteiger partial charge on any atom is -0.507 e. The third kappa shape index (κ3) is 10.1. The van der Waals surface area contributed by atoms with E-state index in [-0.39, 0.29) is 0 Å². The zero-order valence-corrected chi connectivity index (χ0v) is 17.6. The SMILES string of the molecule is CCCCCCCCCCCCCCCCc1cc(OC)cc(C)c1O. The van der Waals surface area contributed by atoms with Gasteiger partial charge in [-0.05, 0) is 43.0 Å². The first kappa shape index (κ1) is 22.9. The molecule has 0 radical (unpaired) electrons. The molecule has 0 fully saturated rings. The lowest BCUT2D eigenvalue weighted by Crippen LogP contribution is -1.92. The largest absolute Gasteiger partial charge is 0.507 e. The maximum atomic E-state index is 10.2. The van der Waals surface area contributed by atoms with Gasteiger partial charge in [-0.3, -0.25) is 0 Å². The molecule has 0 aliphatic carbocycles. The fourth-order valence-electron chi connectivity index (χ4n) is 3.64. The maximum absolute atomic E-state index is 10.2. The third-order valence-electron chi connectivity index (χ3n) is 5.39. The van der Waals surface area contributed by atoms with Gasteiger partial charge in [-0.2, -0.15) is 0 Å². The normalized spacial score (nSPS) is 11.0. The number of ether oxygens (including phenoxy) is 1. The van der Waals surface area contributed by atoms with Gasteiger partial charge in [0.25, 0.3) is 0 Å². The molecule has 0 aliphatic rings. The average molecular weight is 363 g/mol. The van der Waals surface area contributed by atoms with Crippen molar-refractivity contribution >= 4 is 0 Å². The highest BCUT2D eigenvalue weighted by Crippen LogP contribution is 2.29. The van der Waals surface area contributed by atoms with Crippen LogP contribution < -0.4 is 4.74 Å². The molecule has 0 spiro atoms. The Balaban J connectivity index is 1.96. The van der Waals surface area contributed by atoms with Gasteiger partial charge in [0.2, 0.25) is 0 Å². The predicted octanol–water partition coefficient (Wildman–Crippen LogP) is 7.73. The van der Waals surface area contributed by atoms with Gasteiger partial charge < -0.3 is 9.84 Å². The Kier molecular flexibility index (Phi) is 13.1. The van der Waals surface area contributed by atoms with Crippen LogP contribution in [0.2, 0.25) is 0 Å². The number of methoxy groups -OCH3 is 1. The highest BCUT2D eigenvalue weighted by molar-refractivity contribution is 5.45. The predicted molar refractivity (Wildman–Crippen MR) is 113 cm³/mol. The van der Waals surface area contributed by atoms with E-state index in [0.717, 1.165) is 29.7 Å². The summed E-state index contributed by atoms with van der Waals surface area (Å²) in [6.45, 7) is 4.22. The van der Waals surface area contributed by atoms with Crippen molar-refractivity contribution in [2.45, 2.75) is 110 Å². The Labute approximate surface area is 162 Å². The highest BCUT2D eigenvalue weighted by atomic mass is 16.5. The molecule has 26 heavy (non-hydrogen) atoms. The standard InChI is InChI=1S/C24H42O2/c1-4-5-6-7-8-9-10-11-12-13-14-15-16-17-18-22-20-23(26-3)19-21(2)24(22)25/h19-20,25H,4-18H2,1-3H3. The molecule has 0 heterocycles. The van der Waals surface area contributed by atoms with E-state index >= 15 is 0 Å². The van der Waals surface area contributed by atoms with E-state index in [0.29, 0.717) is 5.75 Å². The number of unbranched alkanes of at least 4 members (excludes halogenated alkanes) is 13. The monoisotopic (exact) mass is 362 g/mol. The number of benzene rings is 1. The summed E-state index contributed by atoms with van der Waals surface area (Å²) in [7, 11) is 1.68. The molecule has 0 saturated carbocycles. The van der Waals surface area contributed by atoms with Crippen molar-refractivity contribution in [2.75, 3.05) is 7.11 Å².